The van der Waals surface area contributed by atoms with Crippen LogP contribution in [0.3, 0.4) is 0 Å². The minimum absolute atomic E-state index is 0.0527. The molecule has 1 aliphatic heterocycles. The first-order valence-electron chi connectivity index (χ1n) is 5.42. The van der Waals surface area contributed by atoms with E-state index < -0.39 is 5.38 Å². The number of carbonyl (C=O) groups excluding carboxylic acids is 1. The Hall–Kier alpha value is -0.740. The van der Waals surface area contributed by atoms with Crippen LogP contribution in [-0.4, -0.2) is 29.3 Å². The van der Waals surface area contributed by atoms with Crippen LogP contribution in [0.25, 0.3) is 0 Å². The van der Waals surface area contributed by atoms with Crippen LogP contribution in [0.5, 0.6) is 5.75 Å². The van der Waals surface area contributed by atoms with Crippen LogP contribution in [0.15, 0.2) is 22.7 Å². The third-order valence-electron chi connectivity index (χ3n) is 2.65. The lowest BCUT2D eigenvalue weighted by Gasteiger charge is -2.21. The first kappa shape index (κ1) is 12.7. The van der Waals surface area contributed by atoms with Crippen LogP contribution in [0.2, 0.25) is 0 Å². The number of alkyl halides is 1. The maximum Gasteiger partial charge on any atom is 0.240 e. The minimum atomic E-state index is -0.497. The Morgan fingerprint density at radius 1 is 1.59 bits per heavy atom. The summed E-state index contributed by atoms with van der Waals surface area (Å²) in [5.41, 5.74) is 1.00. The second-order valence-electron chi connectivity index (χ2n) is 3.98. The molecular formula is C12H13BrClNO2. The van der Waals surface area contributed by atoms with Crippen LogP contribution in [0.4, 0.5) is 0 Å². The Balaban J connectivity index is 2.24. The van der Waals surface area contributed by atoms with Crippen LogP contribution < -0.4 is 4.74 Å². The van der Waals surface area contributed by atoms with Crippen molar-refractivity contribution in [3.8, 4) is 5.75 Å². The number of amides is 1. The standard InChI is InChI=1S/C12H13BrClNO2/c1-8(14)12(16)15-4-5-17-11-3-2-10(13)6-9(11)7-15/h2-3,6,8H,4-5,7H2,1H3/t8-/m0/s1. The number of ether oxygens (including phenoxy) is 1. The molecular weight excluding hydrogens is 305 g/mol. The molecule has 2 rings (SSSR count). The Kier molecular flexibility index (Phi) is 3.94. The Morgan fingerprint density at radius 3 is 3.06 bits per heavy atom. The molecule has 0 saturated carbocycles. The number of carbonyl (C=O) groups is 1. The van der Waals surface area contributed by atoms with Gasteiger partial charge in [0.15, 0.2) is 0 Å². The van der Waals surface area contributed by atoms with Crippen molar-refractivity contribution in [1.82, 2.24) is 4.90 Å². The second-order valence-corrected chi connectivity index (χ2v) is 5.55. The van der Waals surface area contributed by atoms with Gasteiger partial charge in [-0.25, -0.2) is 0 Å². The van der Waals surface area contributed by atoms with Gasteiger partial charge in [-0.3, -0.25) is 4.79 Å². The van der Waals surface area contributed by atoms with Gasteiger partial charge in [-0.2, -0.15) is 0 Å². The van der Waals surface area contributed by atoms with Gasteiger partial charge < -0.3 is 9.64 Å². The van der Waals surface area contributed by atoms with Crippen molar-refractivity contribution in [2.75, 3.05) is 13.2 Å². The SMILES string of the molecule is C[C@H](Cl)C(=O)N1CCOc2ccc(Br)cc2C1. The molecule has 0 radical (unpaired) electrons. The number of rotatable bonds is 1. The first-order valence-corrected chi connectivity index (χ1v) is 6.65. The lowest BCUT2D eigenvalue weighted by Crippen LogP contribution is -2.36. The molecule has 0 fully saturated rings. The van der Waals surface area contributed by atoms with Gasteiger partial charge in [-0.15, -0.1) is 11.6 Å². The molecule has 0 unspecified atom stereocenters. The van der Waals surface area contributed by atoms with E-state index >= 15 is 0 Å². The third-order valence-corrected chi connectivity index (χ3v) is 3.33. The third kappa shape index (κ3) is 2.93. The monoisotopic (exact) mass is 317 g/mol. The summed E-state index contributed by atoms with van der Waals surface area (Å²) >= 11 is 9.25. The summed E-state index contributed by atoms with van der Waals surface area (Å²) in [6.45, 7) is 3.31. The van der Waals surface area contributed by atoms with Crippen molar-refractivity contribution in [2.24, 2.45) is 0 Å². The van der Waals surface area contributed by atoms with Crippen LogP contribution in [0, 0.1) is 0 Å². The Bertz CT molecular complexity index is 437. The van der Waals surface area contributed by atoms with E-state index in [2.05, 4.69) is 15.9 Å². The zero-order valence-corrected chi connectivity index (χ0v) is 11.8. The molecule has 1 atom stereocenters. The average Bonchev–Trinajstić information content (AvgIpc) is 2.49. The fraction of sp³-hybridized carbons (Fsp3) is 0.417. The summed E-state index contributed by atoms with van der Waals surface area (Å²) in [5, 5.41) is -0.497. The van der Waals surface area contributed by atoms with Crippen LogP contribution in [0.1, 0.15) is 12.5 Å². The van der Waals surface area contributed by atoms with E-state index in [1.54, 1.807) is 11.8 Å². The highest BCUT2D eigenvalue weighted by atomic mass is 79.9. The Morgan fingerprint density at radius 2 is 2.35 bits per heavy atom. The average molecular weight is 319 g/mol. The molecule has 0 bridgehead atoms. The van der Waals surface area contributed by atoms with Gasteiger partial charge in [0.05, 0.1) is 6.54 Å². The number of hydrogen-bond donors (Lipinski definition) is 0. The number of hydrogen-bond acceptors (Lipinski definition) is 2. The second kappa shape index (κ2) is 5.27. The molecule has 1 amide bonds. The van der Waals surface area contributed by atoms with Crippen molar-refractivity contribution in [3.05, 3.63) is 28.2 Å². The molecule has 1 aromatic rings. The molecule has 1 aliphatic rings. The van der Waals surface area contributed by atoms with Gasteiger partial charge in [0.2, 0.25) is 5.91 Å². The maximum absolute atomic E-state index is 11.9. The summed E-state index contributed by atoms with van der Waals surface area (Å²) in [6, 6.07) is 5.82. The highest BCUT2D eigenvalue weighted by Gasteiger charge is 2.22. The number of nitrogens with zero attached hydrogens (tertiary/aromatic N) is 1. The Labute approximate surface area is 114 Å². The zero-order chi connectivity index (χ0) is 12.4. The van der Waals surface area contributed by atoms with Crippen molar-refractivity contribution in [2.45, 2.75) is 18.8 Å². The normalized spacial score (nSPS) is 16.8. The van der Waals surface area contributed by atoms with E-state index in [4.69, 9.17) is 16.3 Å². The number of fused-ring (bicyclic) bond motifs is 1. The minimum Gasteiger partial charge on any atom is -0.491 e. The van der Waals surface area contributed by atoms with Crippen molar-refractivity contribution in [3.63, 3.8) is 0 Å². The summed E-state index contributed by atoms with van der Waals surface area (Å²) in [7, 11) is 0. The number of benzene rings is 1. The smallest absolute Gasteiger partial charge is 0.240 e. The maximum atomic E-state index is 11.9. The van der Waals surface area contributed by atoms with Crippen LogP contribution in [-0.2, 0) is 11.3 Å². The molecule has 0 aliphatic carbocycles. The summed E-state index contributed by atoms with van der Waals surface area (Å²) < 4.78 is 6.59. The number of halogens is 2. The fourth-order valence-electron chi connectivity index (χ4n) is 1.80. The van der Waals surface area contributed by atoms with E-state index in [1.165, 1.54) is 0 Å². The van der Waals surface area contributed by atoms with Crippen molar-refractivity contribution >= 4 is 33.4 Å². The largest absolute Gasteiger partial charge is 0.491 e. The van der Waals surface area contributed by atoms with Crippen LogP contribution >= 0.6 is 27.5 Å². The molecule has 0 aromatic heterocycles. The lowest BCUT2D eigenvalue weighted by molar-refractivity contribution is -0.131. The zero-order valence-electron chi connectivity index (χ0n) is 9.45. The summed E-state index contributed by atoms with van der Waals surface area (Å²) in [4.78, 5) is 13.6. The molecule has 0 N–H and O–H groups in total. The van der Waals surface area contributed by atoms with Gasteiger partial charge in [0, 0.05) is 16.6 Å². The molecule has 17 heavy (non-hydrogen) atoms. The van der Waals surface area contributed by atoms with Crippen molar-refractivity contribution < 1.29 is 9.53 Å². The van der Waals surface area contributed by atoms with Gasteiger partial charge in [-0.05, 0) is 25.1 Å². The first-order chi connectivity index (χ1) is 8.08. The van der Waals surface area contributed by atoms with Gasteiger partial charge >= 0.3 is 0 Å². The highest BCUT2D eigenvalue weighted by Crippen LogP contribution is 2.26. The molecule has 92 valence electrons. The molecule has 1 heterocycles. The van der Waals surface area contributed by atoms with E-state index in [9.17, 15) is 4.79 Å². The summed E-state index contributed by atoms with van der Waals surface area (Å²) in [6.07, 6.45) is 0. The predicted molar refractivity (Wildman–Crippen MR) is 70.4 cm³/mol. The fourth-order valence-corrected chi connectivity index (χ4v) is 2.35. The van der Waals surface area contributed by atoms with E-state index in [0.29, 0.717) is 19.7 Å². The van der Waals surface area contributed by atoms with Gasteiger partial charge in [0.1, 0.15) is 17.7 Å². The van der Waals surface area contributed by atoms with Gasteiger partial charge in [0.25, 0.3) is 0 Å². The molecule has 3 nitrogen and oxygen atoms in total. The predicted octanol–water partition coefficient (Wildman–Crippen LogP) is 2.80. The van der Waals surface area contributed by atoms with E-state index in [0.717, 1.165) is 15.8 Å². The molecule has 0 spiro atoms. The molecule has 0 saturated heterocycles. The van der Waals surface area contributed by atoms with E-state index in [-0.39, 0.29) is 5.91 Å². The molecule has 5 heteroatoms. The highest BCUT2D eigenvalue weighted by molar-refractivity contribution is 9.10. The summed E-state index contributed by atoms with van der Waals surface area (Å²) in [5.74, 6) is 0.786. The lowest BCUT2D eigenvalue weighted by atomic mass is 10.2. The molecule has 1 aromatic carbocycles. The quantitative estimate of drug-likeness (QED) is 0.745. The topological polar surface area (TPSA) is 29.5 Å². The van der Waals surface area contributed by atoms with E-state index in [1.807, 2.05) is 18.2 Å². The van der Waals surface area contributed by atoms with Gasteiger partial charge in [-0.1, -0.05) is 15.9 Å². The van der Waals surface area contributed by atoms with Crippen molar-refractivity contribution in [1.29, 1.82) is 0 Å².